The fourth-order valence-corrected chi connectivity index (χ4v) is 6.57. The summed E-state index contributed by atoms with van der Waals surface area (Å²) in [6, 6.07) is 31.9. The highest BCUT2D eigenvalue weighted by atomic mass is 35.5. The lowest BCUT2D eigenvalue weighted by atomic mass is 9.96. The summed E-state index contributed by atoms with van der Waals surface area (Å²) in [5, 5.41) is 17.3. The summed E-state index contributed by atoms with van der Waals surface area (Å²) in [6.45, 7) is 0.825. The van der Waals surface area contributed by atoms with Gasteiger partial charge in [0, 0.05) is 40.8 Å². The van der Waals surface area contributed by atoms with Gasteiger partial charge in [0.25, 0.3) is 5.91 Å². The van der Waals surface area contributed by atoms with Crippen molar-refractivity contribution in [3.05, 3.63) is 136 Å². The van der Waals surface area contributed by atoms with Crippen LogP contribution in [0, 0.1) is 0 Å². The van der Waals surface area contributed by atoms with E-state index in [2.05, 4.69) is 27.7 Å². The van der Waals surface area contributed by atoms with Crippen LogP contribution in [0.5, 0.6) is 5.75 Å². The van der Waals surface area contributed by atoms with Crippen molar-refractivity contribution in [1.82, 2.24) is 15.5 Å². The number of hydrogen-bond acceptors (Lipinski definition) is 6. The van der Waals surface area contributed by atoms with E-state index in [0.717, 1.165) is 42.8 Å². The number of carbonyl (C=O) groups is 3. The summed E-state index contributed by atoms with van der Waals surface area (Å²) in [7, 11) is 1.54. The van der Waals surface area contributed by atoms with E-state index in [1.165, 1.54) is 5.56 Å². The number of nitrogens with one attached hydrogen (secondary N) is 2. The second-order valence-corrected chi connectivity index (χ2v) is 12.6. The molecule has 250 valence electrons. The van der Waals surface area contributed by atoms with Gasteiger partial charge in [-0.2, -0.15) is 0 Å². The minimum Gasteiger partial charge on any atom is -0.497 e. The fourth-order valence-electron chi connectivity index (χ4n) is 6.45. The van der Waals surface area contributed by atoms with Crippen LogP contribution < -0.4 is 21.1 Å². The van der Waals surface area contributed by atoms with Gasteiger partial charge in [0.1, 0.15) is 11.9 Å². The van der Waals surface area contributed by atoms with Crippen molar-refractivity contribution in [3.63, 3.8) is 0 Å². The van der Waals surface area contributed by atoms with Gasteiger partial charge in [0.15, 0.2) is 0 Å². The Kier molecular flexibility index (Phi) is 11.8. The van der Waals surface area contributed by atoms with Crippen molar-refractivity contribution in [2.75, 3.05) is 13.7 Å². The molecule has 0 aromatic heterocycles. The summed E-state index contributed by atoms with van der Waals surface area (Å²) in [5.41, 5.74) is 8.56. The van der Waals surface area contributed by atoms with Crippen LogP contribution in [-0.4, -0.2) is 59.5 Å². The number of nitrogens with two attached hydrogens (primary N) is 1. The maximum absolute atomic E-state index is 12.7. The number of amides is 3. The van der Waals surface area contributed by atoms with E-state index in [1.54, 1.807) is 55.6 Å². The molecule has 0 radical (unpaired) electrons. The molecule has 2 bridgehead atoms. The Balaban J connectivity index is 0.000000349. The lowest BCUT2D eigenvalue weighted by Crippen LogP contribution is -2.51. The average Bonchev–Trinajstić information content (AvgIpc) is 3.34. The molecule has 10 heteroatoms. The van der Waals surface area contributed by atoms with Crippen molar-refractivity contribution in [2.45, 2.75) is 56.5 Å². The molecular weight excluding hydrogens is 628 g/mol. The van der Waals surface area contributed by atoms with Gasteiger partial charge >= 0.3 is 0 Å². The lowest BCUT2D eigenvalue weighted by molar-refractivity contribution is -0.121. The Hall–Kier alpha value is -4.70. The van der Waals surface area contributed by atoms with Gasteiger partial charge < -0.3 is 26.2 Å². The van der Waals surface area contributed by atoms with E-state index < -0.39 is 12.0 Å². The van der Waals surface area contributed by atoms with Crippen molar-refractivity contribution in [3.8, 4) is 5.75 Å². The molecule has 2 aliphatic rings. The van der Waals surface area contributed by atoms with E-state index in [4.69, 9.17) is 22.1 Å². The number of aliphatic hydroxyl groups excluding tert-OH is 1. The molecular formula is C38H41ClN4O5. The Morgan fingerprint density at radius 3 is 2.19 bits per heavy atom. The molecule has 2 saturated heterocycles. The zero-order valence-electron chi connectivity index (χ0n) is 26.8. The molecule has 0 saturated carbocycles. The third-order valence-corrected chi connectivity index (χ3v) is 9.12. The highest BCUT2D eigenvalue weighted by Gasteiger charge is 2.40. The number of ether oxygens (including phenoxy) is 1. The van der Waals surface area contributed by atoms with Crippen molar-refractivity contribution >= 4 is 29.3 Å². The smallest absolute Gasteiger partial charge is 0.251 e. The first-order chi connectivity index (χ1) is 23.2. The largest absolute Gasteiger partial charge is 0.497 e. The zero-order chi connectivity index (χ0) is 34.0. The lowest BCUT2D eigenvalue weighted by Gasteiger charge is -2.39. The average molecular weight is 669 g/mol. The van der Waals surface area contributed by atoms with Crippen molar-refractivity contribution in [1.29, 1.82) is 0 Å². The van der Waals surface area contributed by atoms with Crippen LogP contribution in [-0.2, 0) is 11.3 Å². The highest BCUT2D eigenvalue weighted by molar-refractivity contribution is 6.30. The zero-order valence-corrected chi connectivity index (χ0v) is 27.6. The van der Waals surface area contributed by atoms with Gasteiger partial charge in [-0.05, 0) is 84.8 Å². The minimum absolute atomic E-state index is 0.0787. The Labute approximate surface area is 286 Å². The van der Waals surface area contributed by atoms with Crippen LogP contribution in [0.2, 0.25) is 5.02 Å². The van der Waals surface area contributed by atoms with Gasteiger partial charge in [-0.15, -0.1) is 0 Å². The molecule has 3 atom stereocenters. The predicted octanol–water partition coefficient (Wildman–Crippen LogP) is 5.26. The van der Waals surface area contributed by atoms with Crippen LogP contribution in [0.1, 0.15) is 69.2 Å². The molecule has 2 fully saturated rings. The van der Waals surface area contributed by atoms with Crippen LogP contribution in [0.15, 0.2) is 103 Å². The predicted molar refractivity (Wildman–Crippen MR) is 186 cm³/mol. The quantitative estimate of drug-likeness (QED) is 0.182. The molecule has 3 amide bonds. The summed E-state index contributed by atoms with van der Waals surface area (Å²) >= 11 is 6.02. The van der Waals surface area contributed by atoms with Crippen LogP contribution in [0.25, 0.3) is 0 Å². The highest BCUT2D eigenvalue weighted by Crippen LogP contribution is 2.37. The maximum Gasteiger partial charge on any atom is 0.251 e. The molecule has 5 N–H and O–H groups in total. The number of nitrogens with zero attached hydrogens (tertiary/aromatic N) is 1. The fraction of sp³-hybridized carbons (Fsp3) is 0.289. The van der Waals surface area contributed by atoms with Crippen LogP contribution in [0.4, 0.5) is 0 Å². The molecule has 2 aliphatic heterocycles. The van der Waals surface area contributed by atoms with E-state index in [1.807, 2.05) is 42.5 Å². The summed E-state index contributed by atoms with van der Waals surface area (Å²) in [5.74, 6) is -0.315. The molecule has 3 unspecified atom stereocenters. The number of halogens is 1. The molecule has 9 nitrogen and oxygen atoms in total. The Morgan fingerprint density at radius 1 is 0.875 bits per heavy atom. The molecule has 4 aromatic carbocycles. The Morgan fingerprint density at radius 2 is 1.52 bits per heavy atom. The molecule has 0 aliphatic carbocycles. The van der Waals surface area contributed by atoms with Crippen molar-refractivity contribution < 1.29 is 24.2 Å². The second kappa shape index (κ2) is 16.4. The third kappa shape index (κ3) is 9.22. The first kappa shape index (κ1) is 34.6. The van der Waals surface area contributed by atoms with Crippen LogP contribution >= 0.6 is 11.6 Å². The summed E-state index contributed by atoms with van der Waals surface area (Å²) in [6.07, 6.45) is 3.31. The number of hydrogen-bond donors (Lipinski definition) is 4. The van der Waals surface area contributed by atoms with Gasteiger partial charge in [0.05, 0.1) is 13.7 Å². The van der Waals surface area contributed by atoms with E-state index >= 15 is 0 Å². The molecule has 48 heavy (non-hydrogen) atoms. The van der Waals surface area contributed by atoms with Gasteiger partial charge in [-0.1, -0.05) is 72.3 Å². The first-order valence-corrected chi connectivity index (χ1v) is 16.4. The maximum atomic E-state index is 12.7. The minimum atomic E-state index is -0.821. The summed E-state index contributed by atoms with van der Waals surface area (Å²) in [4.78, 5) is 38.6. The van der Waals surface area contributed by atoms with Gasteiger partial charge in [-0.25, -0.2) is 0 Å². The van der Waals surface area contributed by atoms with E-state index in [9.17, 15) is 19.5 Å². The van der Waals surface area contributed by atoms with Crippen molar-refractivity contribution in [2.24, 2.45) is 5.73 Å². The van der Waals surface area contributed by atoms with Crippen LogP contribution in [0.3, 0.4) is 0 Å². The topological polar surface area (TPSA) is 134 Å². The van der Waals surface area contributed by atoms with Gasteiger partial charge in [-0.3, -0.25) is 19.3 Å². The number of piperidine rings is 1. The molecule has 2 heterocycles. The second-order valence-electron chi connectivity index (χ2n) is 12.1. The third-order valence-electron chi connectivity index (χ3n) is 8.87. The number of rotatable bonds is 10. The number of aliphatic hydroxyl groups is 1. The number of primary amides is 1. The SMILES string of the molecule is COc1cccc(C(N)=O)c1.O=C(CNC(=O)c1cccc(C(O)c2ccccc2)c1)NC1CC2CCC(C1)N2Cc1ccc(Cl)cc1. The Bertz CT molecular complexity index is 1690. The number of carbonyl (C=O) groups excluding carboxylic acids is 3. The molecule has 4 aromatic rings. The number of benzene rings is 4. The normalized spacial score (nSPS) is 18.9. The molecule has 6 rings (SSSR count). The van der Waals surface area contributed by atoms with E-state index in [0.29, 0.717) is 34.5 Å². The number of fused-ring (bicyclic) bond motifs is 2. The number of methoxy groups -OCH3 is 1. The monoisotopic (exact) mass is 668 g/mol. The molecule has 0 spiro atoms. The summed E-state index contributed by atoms with van der Waals surface area (Å²) < 4.78 is 4.90. The van der Waals surface area contributed by atoms with Gasteiger partial charge in [0.2, 0.25) is 11.8 Å². The van der Waals surface area contributed by atoms with E-state index in [-0.39, 0.29) is 24.4 Å². The first-order valence-electron chi connectivity index (χ1n) is 16.0. The standard InChI is InChI=1S/C30H32ClN3O3.C8H9NO2/c31-24-11-9-20(10-12-24)19-34-26-13-14-27(34)17-25(16-26)33-28(35)18-32-30(37)23-8-4-7-22(15-23)29(36)21-5-2-1-3-6-21;1-11-7-4-2-3-6(5-7)8(9)10/h1-12,15,25-27,29,36H,13-14,16-19H2,(H,32,37)(H,33,35);2-5H,1H3,(H2,9,10).